The number of carbonyl (C=O) groups is 1. The zero-order valence-corrected chi connectivity index (χ0v) is 8.76. The summed E-state index contributed by atoms with van der Waals surface area (Å²) in [6, 6.07) is 2.04. The number of aliphatic carboxylic acids is 1. The molecule has 0 saturated carbocycles. The maximum absolute atomic E-state index is 12.3. The average Bonchev–Trinajstić information content (AvgIpc) is 1.99. The lowest BCUT2D eigenvalue weighted by atomic mass is 10.2. The van der Waals surface area contributed by atoms with Crippen LogP contribution >= 0.6 is 15.9 Å². The van der Waals surface area contributed by atoms with Crippen LogP contribution in [0.4, 0.5) is 13.2 Å². The Hall–Kier alpha value is -1.11. The Kier molecular flexibility index (Phi) is 3.33. The average molecular weight is 284 g/mol. The van der Waals surface area contributed by atoms with Crippen LogP contribution in [0.2, 0.25) is 0 Å². The Morgan fingerprint density at radius 1 is 1.47 bits per heavy atom. The molecule has 3 nitrogen and oxygen atoms in total. The number of carboxylic acids is 1. The van der Waals surface area contributed by atoms with Gasteiger partial charge in [-0.05, 0) is 12.1 Å². The largest absolute Gasteiger partial charge is 0.481 e. The molecule has 0 aliphatic carbocycles. The smallest absolute Gasteiger partial charge is 0.433 e. The number of pyridine rings is 1. The van der Waals surface area contributed by atoms with Crippen molar-refractivity contribution < 1.29 is 23.1 Å². The predicted octanol–water partition coefficient (Wildman–Crippen LogP) is 2.49. The van der Waals surface area contributed by atoms with Gasteiger partial charge in [0.2, 0.25) is 0 Å². The third-order valence-corrected chi connectivity index (χ3v) is 1.92. The second kappa shape index (κ2) is 4.18. The molecule has 0 saturated heterocycles. The summed E-state index contributed by atoms with van der Waals surface area (Å²) in [5, 5.41) is 8.41. The van der Waals surface area contributed by atoms with Gasteiger partial charge in [-0.1, -0.05) is 15.9 Å². The molecule has 1 aromatic rings. The van der Waals surface area contributed by atoms with E-state index in [4.69, 9.17) is 5.11 Å². The quantitative estimate of drug-likeness (QED) is 0.907. The first-order chi connectivity index (χ1) is 6.79. The van der Waals surface area contributed by atoms with Crippen LogP contribution in [0.25, 0.3) is 0 Å². The lowest BCUT2D eigenvalue weighted by Gasteiger charge is -2.07. The summed E-state index contributed by atoms with van der Waals surface area (Å²) < 4.78 is 36.9. The molecule has 0 aliphatic heterocycles. The molecule has 0 fully saturated rings. The molecule has 0 aliphatic rings. The second-order valence-corrected chi connectivity index (χ2v) is 3.65. The standard InChI is InChI=1S/C8H5BrF3NO2/c9-4-1-5(3-7(14)15)13-6(2-4)8(10,11)12/h1-2H,3H2,(H,14,15). The van der Waals surface area contributed by atoms with Crippen molar-refractivity contribution in [3.63, 3.8) is 0 Å². The van der Waals surface area contributed by atoms with Gasteiger partial charge < -0.3 is 5.11 Å². The molecule has 0 radical (unpaired) electrons. The molecule has 15 heavy (non-hydrogen) atoms. The monoisotopic (exact) mass is 283 g/mol. The van der Waals surface area contributed by atoms with Crippen LogP contribution in [0.3, 0.4) is 0 Å². The molecule has 0 spiro atoms. The van der Waals surface area contributed by atoms with Crippen molar-refractivity contribution >= 4 is 21.9 Å². The van der Waals surface area contributed by atoms with Gasteiger partial charge in [-0.3, -0.25) is 4.79 Å². The first kappa shape index (κ1) is 12.0. The second-order valence-electron chi connectivity index (χ2n) is 2.73. The number of carboxylic acid groups (broad SMARTS) is 1. The van der Waals surface area contributed by atoms with Crippen molar-refractivity contribution in [2.24, 2.45) is 0 Å². The Morgan fingerprint density at radius 3 is 2.53 bits per heavy atom. The van der Waals surface area contributed by atoms with E-state index in [2.05, 4.69) is 20.9 Å². The normalized spacial score (nSPS) is 11.5. The first-order valence-corrected chi connectivity index (χ1v) is 4.54. The molecule has 82 valence electrons. The molecule has 0 amide bonds. The summed E-state index contributed by atoms with van der Waals surface area (Å²) in [7, 11) is 0. The Bertz CT molecular complexity index is 392. The fraction of sp³-hybridized carbons (Fsp3) is 0.250. The third-order valence-electron chi connectivity index (χ3n) is 1.47. The van der Waals surface area contributed by atoms with Gasteiger partial charge in [-0.15, -0.1) is 0 Å². The lowest BCUT2D eigenvalue weighted by Crippen LogP contribution is -2.11. The number of hydrogen-bond acceptors (Lipinski definition) is 2. The summed E-state index contributed by atoms with van der Waals surface area (Å²) in [5.41, 5.74) is -1.24. The zero-order chi connectivity index (χ0) is 11.6. The van der Waals surface area contributed by atoms with E-state index >= 15 is 0 Å². The topological polar surface area (TPSA) is 50.2 Å². The minimum Gasteiger partial charge on any atom is -0.481 e. The van der Waals surface area contributed by atoms with Gasteiger partial charge in [0.15, 0.2) is 0 Å². The van der Waals surface area contributed by atoms with Gasteiger partial charge in [-0.25, -0.2) is 4.98 Å². The minimum atomic E-state index is -4.57. The molecule has 1 aromatic heterocycles. The van der Waals surface area contributed by atoms with Crippen molar-refractivity contribution in [3.8, 4) is 0 Å². The van der Waals surface area contributed by atoms with Gasteiger partial charge in [-0.2, -0.15) is 13.2 Å². The molecular formula is C8H5BrF3NO2. The number of aromatic nitrogens is 1. The van der Waals surface area contributed by atoms with E-state index in [1.54, 1.807) is 0 Å². The molecule has 0 aromatic carbocycles. The number of alkyl halides is 3. The van der Waals surface area contributed by atoms with E-state index in [-0.39, 0.29) is 10.2 Å². The molecule has 1 heterocycles. The molecular weight excluding hydrogens is 279 g/mol. The molecule has 0 bridgehead atoms. The summed E-state index contributed by atoms with van der Waals surface area (Å²) in [5.74, 6) is -1.23. The highest BCUT2D eigenvalue weighted by molar-refractivity contribution is 9.10. The zero-order valence-electron chi connectivity index (χ0n) is 7.18. The third kappa shape index (κ3) is 3.50. The highest BCUT2D eigenvalue weighted by atomic mass is 79.9. The fourth-order valence-corrected chi connectivity index (χ4v) is 1.42. The van der Waals surface area contributed by atoms with Crippen LogP contribution in [-0.4, -0.2) is 16.1 Å². The van der Waals surface area contributed by atoms with Crippen LogP contribution in [0, 0.1) is 0 Å². The van der Waals surface area contributed by atoms with Crippen molar-refractivity contribution in [1.82, 2.24) is 4.98 Å². The maximum Gasteiger partial charge on any atom is 0.433 e. The molecule has 1 rings (SSSR count). The van der Waals surface area contributed by atoms with Gasteiger partial charge in [0, 0.05) is 4.47 Å². The lowest BCUT2D eigenvalue weighted by molar-refractivity contribution is -0.142. The van der Waals surface area contributed by atoms with Crippen LogP contribution in [0.15, 0.2) is 16.6 Å². The fourth-order valence-electron chi connectivity index (χ4n) is 0.941. The SMILES string of the molecule is O=C(O)Cc1cc(Br)cc(C(F)(F)F)n1. The molecule has 1 N–H and O–H groups in total. The van der Waals surface area contributed by atoms with Crippen molar-refractivity contribution in [1.29, 1.82) is 0 Å². The van der Waals surface area contributed by atoms with Crippen LogP contribution in [-0.2, 0) is 17.4 Å². The van der Waals surface area contributed by atoms with Crippen molar-refractivity contribution in [2.45, 2.75) is 12.6 Å². The highest BCUT2D eigenvalue weighted by Gasteiger charge is 2.33. The number of nitrogens with zero attached hydrogens (tertiary/aromatic N) is 1. The van der Waals surface area contributed by atoms with E-state index in [1.807, 2.05) is 0 Å². The van der Waals surface area contributed by atoms with E-state index < -0.39 is 24.3 Å². The summed E-state index contributed by atoms with van der Waals surface area (Å²) >= 11 is 2.86. The number of halogens is 4. The summed E-state index contributed by atoms with van der Waals surface area (Å²) in [6.07, 6.45) is -5.11. The van der Waals surface area contributed by atoms with Gasteiger partial charge in [0.05, 0.1) is 12.1 Å². The van der Waals surface area contributed by atoms with Crippen LogP contribution in [0.1, 0.15) is 11.4 Å². The Morgan fingerprint density at radius 2 is 2.07 bits per heavy atom. The summed E-state index contributed by atoms with van der Waals surface area (Å²) in [6.45, 7) is 0. The van der Waals surface area contributed by atoms with Crippen LogP contribution < -0.4 is 0 Å². The number of hydrogen-bond donors (Lipinski definition) is 1. The van der Waals surface area contributed by atoms with Gasteiger partial charge >= 0.3 is 12.1 Å². The Balaban J connectivity index is 3.11. The molecule has 0 unspecified atom stereocenters. The first-order valence-electron chi connectivity index (χ1n) is 3.74. The summed E-state index contributed by atoms with van der Waals surface area (Å²) in [4.78, 5) is 13.5. The van der Waals surface area contributed by atoms with Gasteiger partial charge in [0.1, 0.15) is 5.69 Å². The number of rotatable bonds is 2. The van der Waals surface area contributed by atoms with Crippen molar-refractivity contribution in [3.05, 3.63) is 28.0 Å². The van der Waals surface area contributed by atoms with E-state index in [9.17, 15) is 18.0 Å². The molecule has 7 heteroatoms. The maximum atomic E-state index is 12.3. The minimum absolute atomic E-state index is 0.135. The van der Waals surface area contributed by atoms with Gasteiger partial charge in [0.25, 0.3) is 0 Å². The Labute approximate surface area is 91.1 Å². The van der Waals surface area contributed by atoms with E-state index in [0.29, 0.717) is 0 Å². The predicted molar refractivity (Wildman–Crippen MR) is 48.3 cm³/mol. The van der Waals surface area contributed by atoms with Crippen molar-refractivity contribution in [2.75, 3.05) is 0 Å². The molecule has 0 atom stereocenters. The van der Waals surface area contributed by atoms with E-state index in [1.165, 1.54) is 6.07 Å². The highest BCUT2D eigenvalue weighted by Crippen LogP contribution is 2.29. The van der Waals surface area contributed by atoms with E-state index in [0.717, 1.165) is 6.07 Å². The van der Waals surface area contributed by atoms with Crippen LogP contribution in [0.5, 0.6) is 0 Å².